The molecule has 0 aliphatic carbocycles. The molecule has 1 N–H and O–H groups in total. The highest BCUT2D eigenvalue weighted by Crippen LogP contribution is 2.29. The van der Waals surface area contributed by atoms with Gasteiger partial charge in [-0.05, 0) is 37.3 Å². The summed E-state index contributed by atoms with van der Waals surface area (Å²) < 4.78 is 13.6. The summed E-state index contributed by atoms with van der Waals surface area (Å²) in [6, 6.07) is 9.13. The third-order valence-corrected chi connectivity index (χ3v) is 3.22. The molecule has 5 heteroatoms. The fourth-order valence-corrected chi connectivity index (χ4v) is 2.32. The first-order chi connectivity index (χ1) is 8.56. The lowest BCUT2D eigenvalue weighted by molar-refractivity contribution is 0.0696. The van der Waals surface area contributed by atoms with Crippen LogP contribution >= 0.6 is 11.8 Å². The Morgan fingerprint density at radius 1 is 1.33 bits per heavy atom. The topological polar surface area (TPSA) is 50.2 Å². The van der Waals surface area contributed by atoms with Crippen molar-refractivity contribution in [3.05, 3.63) is 53.5 Å². The van der Waals surface area contributed by atoms with Crippen molar-refractivity contribution in [3.8, 4) is 0 Å². The van der Waals surface area contributed by atoms with Gasteiger partial charge in [-0.2, -0.15) is 0 Å². The van der Waals surface area contributed by atoms with Crippen molar-refractivity contribution in [2.45, 2.75) is 16.8 Å². The number of hydrogen-bond acceptors (Lipinski definition) is 3. The van der Waals surface area contributed by atoms with Gasteiger partial charge in [0.1, 0.15) is 10.8 Å². The van der Waals surface area contributed by atoms with E-state index in [1.54, 1.807) is 6.07 Å². The lowest BCUT2D eigenvalue weighted by atomic mass is 10.2. The Bertz CT molecular complexity index is 601. The normalized spacial score (nSPS) is 10.3. The van der Waals surface area contributed by atoms with Crippen molar-refractivity contribution in [2.24, 2.45) is 0 Å². The van der Waals surface area contributed by atoms with Gasteiger partial charge in [-0.25, -0.2) is 14.2 Å². The zero-order valence-corrected chi connectivity index (χ0v) is 10.4. The molecule has 2 rings (SSSR count). The van der Waals surface area contributed by atoms with Gasteiger partial charge in [0.2, 0.25) is 0 Å². The zero-order chi connectivity index (χ0) is 13.1. The van der Waals surface area contributed by atoms with E-state index in [2.05, 4.69) is 4.98 Å². The van der Waals surface area contributed by atoms with Crippen LogP contribution in [0.25, 0.3) is 0 Å². The Balaban J connectivity index is 2.33. The van der Waals surface area contributed by atoms with Crippen LogP contribution in [-0.2, 0) is 0 Å². The van der Waals surface area contributed by atoms with E-state index in [4.69, 9.17) is 5.11 Å². The van der Waals surface area contributed by atoms with Crippen molar-refractivity contribution in [1.29, 1.82) is 0 Å². The van der Waals surface area contributed by atoms with E-state index in [0.29, 0.717) is 5.03 Å². The van der Waals surface area contributed by atoms with Crippen molar-refractivity contribution in [1.82, 2.24) is 4.98 Å². The minimum atomic E-state index is -1.07. The quantitative estimate of drug-likeness (QED) is 0.922. The molecule has 0 amide bonds. The maximum Gasteiger partial charge on any atom is 0.335 e. The van der Waals surface area contributed by atoms with Crippen LogP contribution in [0.1, 0.15) is 16.1 Å². The van der Waals surface area contributed by atoms with E-state index in [1.165, 1.54) is 12.1 Å². The molecule has 0 unspecified atom stereocenters. The van der Waals surface area contributed by atoms with E-state index in [9.17, 15) is 9.18 Å². The molecule has 0 saturated heterocycles. The number of hydrogen-bond donors (Lipinski definition) is 1. The molecule has 92 valence electrons. The number of aromatic nitrogens is 1. The predicted octanol–water partition coefficient (Wildman–Crippen LogP) is 3.38. The number of benzene rings is 1. The van der Waals surface area contributed by atoms with Gasteiger partial charge in [-0.3, -0.25) is 0 Å². The molecule has 18 heavy (non-hydrogen) atoms. The lowest BCUT2D eigenvalue weighted by Gasteiger charge is -2.04. The molecule has 1 aromatic heterocycles. The molecule has 0 atom stereocenters. The maximum atomic E-state index is 13.6. The molecule has 0 saturated carbocycles. The largest absolute Gasteiger partial charge is 0.478 e. The van der Waals surface area contributed by atoms with Gasteiger partial charge in [0.25, 0.3) is 0 Å². The van der Waals surface area contributed by atoms with Gasteiger partial charge in [0, 0.05) is 5.69 Å². The molecule has 0 aliphatic heterocycles. The molecule has 1 heterocycles. The molecule has 0 aliphatic rings. The highest BCUT2D eigenvalue weighted by Gasteiger charge is 2.10. The highest BCUT2D eigenvalue weighted by molar-refractivity contribution is 7.99. The molecule has 0 bridgehead atoms. The van der Waals surface area contributed by atoms with Gasteiger partial charge in [-0.1, -0.05) is 17.8 Å². The van der Waals surface area contributed by atoms with Gasteiger partial charge >= 0.3 is 5.97 Å². The minimum Gasteiger partial charge on any atom is -0.478 e. The lowest BCUT2D eigenvalue weighted by Crippen LogP contribution is -1.97. The van der Waals surface area contributed by atoms with E-state index >= 15 is 0 Å². The SMILES string of the molecule is Cc1cccc(Sc2cc(C(=O)O)ccc2F)n1. The average Bonchev–Trinajstić information content (AvgIpc) is 2.31. The smallest absolute Gasteiger partial charge is 0.335 e. The Labute approximate surface area is 108 Å². The minimum absolute atomic E-state index is 0.0616. The molecular weight excluding hydrogens is 253 g/mol. The predicted molar refractivity (Wildman–Crippen MR) is 66.5 cm³/mol. The summed E-state index contributed by atoms with van der Waals surface area (Å²) in [5, 5.41) is 9.50. The van der Waals surface area contributed by atoms with Crippen LogP contribution in [-0.4, -0.2) is 16.1 Å². The molecule has 0 radical (unpaired) electrons. The summed E-state index contributed by atoms with van der Waals surface area (Å²) in [7, 11) is 0. The van der Waals surface area contributed by atoms with E-state index in [0.717, 1.165) is 23.5 Å². The second-order valence-electron chi connectivity index (χ2n) is 3.67. The molecule has 0 fully saturated rings. The van der Waals surface area contributed by atoms with Gasteiger partial charge in [0.15, 0.2) is 0 Å². The summed E-state index contributed by atoms with van der Waals surface area (Å²) in [5.41, 5.74) is 0.890. The molecular formula is C13H10FNO2S. The second-order valence-corrected chi connectivity index (χ2v) is 4.73. The maximum absolute atomic E-state index is 13.6. The highest BCUT2D eigenvalue weighted by atomic mass is 32.2. The Morgan fingerprint density at radius 3 is 2.78 bits per heavy atom. The fourth-order valence-electron chi connectivity index (χ4n) is 1.40. The summed E-state index contributed by atoms with van der Waals surface area (Å²) in [5.74, 6) is -1.53. The fraction of sp³-hybridized carbons (Fsp3) is 0.0769. The first kappa shape index (κ1) is 12.6. The van der Waals surface area contributed by atoms with Crippen LogP contribution in [0.5, 0.6) is 0 Å². The number of halogens is 1. The van der Waals surface area contributed by atoms with Crippen LogP contribution in [0.3, 0.4) is 0 Å². The number of carboxylic acids is 1. The van der Waals surface area contributed by atoms with Crippen LogP contribution in [0.2, 0.25) is 0 Å². The van der Waals surface area contributed by atoms with Gasteiger partial charge in [-0.15, -0.1) is 0 Å². The number of aromatic carboxylic acids is 1. The zero-order valence-electron chi connectivity index (χ0n) is 9.55. The number of nitrogens with zero attached hydrogens (tertiary/aromatic N) is 1. The number of rotatable bonds is 3. The van der Waals surface area contributed by atoms with Crippen LogP contribution < -0.4 is 0 Å². The second kappa shape index (κ2) is 5.18. The number of aryl methyl sites for hydroxylation is 1. The number of carboxylic acid groups (broad SMARTS) is 1. The summed E-state index contributed by atoms with van der Waals surface area (Å²) in [6.07, 6.45) is 0. The Hall–Kier alpha value is -1.88. The summed E-state index contributed by atoms with van der Waals surface area (Å²) >= 11 is 1.11. The summed E-state index contributed by atoms with van der Waals surface area (Å²) in [4.78, 5) is 15.3. The third kappa shape index (κ3) is 2.87. The standard InChI is InChI=1S/C13H10FNO2S/c1-8-3-2-4-12(15-8)18-11-7-9(13(16)17)5-6-10(11)14/h2-7H,1H3,(H,16,17). The van der Waals surface area contributed by atoms with E-state index < -0.39 is 11.8 Å². The molecule has 1 aromatic carbocycles. The van der Waals surface area contributed by atoms with E-state index in [1.807, 2.05) is 19.1 Å². The van der Waals surface area contributed by atoms with Crippen LogP contribution in [0.4, 0.5) is 4.39 Å². The van der Waals surface area contributed by atoms with E-state index in [-0.39, 0.29) is 10.5 Å². The van der Waals surface area contributed by atoms with Gasteiger partial charge < -0.3 is 5.11 Å². The molecule has 0 spiro atoms. The first-order valence-corrected chi connectivity index (χ1v) is 6.02. The van der Waals surface area contributed by atoms with Crippen LogP contribution in [0, 0.1) is 12.7 Å². The van der Waals surface area contributed by atoms with Crippen LogP contribution in [0.15, 0.2) is 46.3 Å². The van der Waals surface area contributed by atoms with Crippen molar-refractivity contribution >= 4 is 17.7 Å². The summed E-state index contributed by atoms with van der Waals surface area (Å²) in [6.45, 7) is 1.84. The first-order valence-electron chi connectivity index (χ1n) is 5.20. The van der Waals surface area contributed by atoms with Gasteiger partial charge in [0.05, 0.1) is 10.5 Å². The Morgan fingerprint density at radius 2 is 2.11 bits per heavy atom. The van der Waals surface area contributed by atoms with Crippen molar-refractivity contribution in [3.63, 3.8) is 0 Å². The monoisotopic (exact) mass is 263 g/mol. The molecule has 2 aromatic rings. The number of pyridine rings is 1. The molecule has 3 nitrogen and oxygen atoms in total. The third-order valence-electron chi connectivity index (χ3n) is 2.26. The van der Waals surface area contributed by atoms with Crippen molar-refractivity contribution < 1.29 is 14.3 Å². The number of carbonyl (C=O) groups is 1. The Kier molecular flexibility index (Phi) is 3.62. The average molecular weight is 263 g/mol. The van der Waals surface area contributed by atoms with Crippen molar-refractivity contribution in [2.75, 3.05) is 0 Å².